The van der Waals surface area contributed by atoms with Gasteiger partial charge in [-0.2, -0.15) is 0 Å². The SMILES string of the molecule is CCC(CC(CN)CN)c1ccc(C(C)C)cc1. The number of nitrogens with two attached hydrogens (primary N) is 2. The summed E-state index contributed by atoms with van der Waals surface area (Å²) in [6.45, 7) is 8.08. The molecule has 102 valence electrons. The number of hydrogen-bond acceptors (Lipinski definition) is 2. The molecule has 0 amide bonds. The summed E-state index contributed by atoms with van der Waals surface area (Å²) < 4.78 is 0. The van der Waals surface area contributed by atoms with Crippen LogP contribution in [0.25, 0.3) is 0 Å². The van der Waals surface area contributed by atoms with Crippen LogP contribution in [0, 0.1) is 5.92 Å². The van der Waals surface area contributed by atoms with Crippen molar-refractivity contribution in [2.45, 2.75) is 45.4 Å². The van der Waals surface area contributed by atoms with Crippen LogP contribution in [-0.2, 0) is 0 Å². The van der Waals surface area contributed by atoms with Gasteiger partial charge in [-0.15, -0.1) is 0 Å². The molecule has 1 aromatic rings. The third-order valence-electron chi connectivity index (χ3n) is 3.85. The maximum Gasteiger partial charge on any atom is -0.00366 e. The molecule has 0 heterocycles. The van der Waals surface area contributed by atoms with Gasteiger partial charge in [0.1, 0.15) is 0 Å². The Balaban J connectivity index is 2.75. The maximum absolute atomic E-state index is 5.75. The van der Waals surface area contributed by atoms with Gasteiger partial charge in [-0.25, -0.2) is 0 Å². The third-order valence-corrected chi connectivity index (χ3v) is 3.85. The van der Waals surface area contributed by atoms with Gasteiger partial charge in [0, 0.05) is 0 Å². The standard InChI is InChI=1S/C16H28N2/c1-4-14(9-13(10-17)11-18)16-7-5-15(6-8-16)12(2)3/h5-8,12-14H,4,9-11,17-18H2,1-3H3. The minimum atomic E-state index is 0.444. The van der Waals surface area contributed by atoms with Crippen molar-refractivity contribution in [2.75, 3.05) is 13.1 Å². The minimum absolute atomic E-state index is 0.444. The van der Waals surface area contributed by atoms with Crippen LogP contribution in [0.3, 0.4) is 0 Å². The molecule has 0 aromatic heterocycles. The van der Waals surface area contributed by atoms with Gasteiger partial charge in [-0.3, -0.25) is 0 Å². The van der Waals surface area contributed by atoms with E-state index < -0.39 is 0 Å². The average Bonchev–Trinajstić information content (AvgIpc) is 2.40. The van der Waals surface area contributed by atoms with Crippen LogP contribution in [0.1, 0.15) is 56.6 Å². The molecular formula is C16H28N2. The van der Waals surface area contributed by atoms with Gasteiger partial charge in [0.25, 0.3) is 0 Å². The van der Waals surface area contributed by atoms with Gasteiger partial charge < -0.3 is 11.5 Å². The minimum Gasteiger partial charge on any atom is -0.330 e. The summed E-state index contributed by atoms with van der Waals surface area (Å²) >= 11 is 0. The zero-order valence-corrected chi connectivity index (χ0v) is 12.0. The normalized spacial score (nSPS) is 13.3. The molecule has 0 aliphatic carbocycles. The highest BCUT2D eigenvalue weighted by Crippen LogP contribution is 2.27. The molecule has 4 N–H and O–H groups in total. The second-order valence-corrected chi connectivity index (χ2v) is 5.50. The first-order chi connectivity index (χ1) is 8.62. The first kappa shape index (κ1) is 15.2. The lowest BCUT2D eigenvalue weighted by atomic mass is 9.86. The van der Waals surface area contributed by atoms with Crippen LogP contribution < -0.4 is 11.5 Å². The van der Waals surface area contributed by atoms with E-state index in [9.17, 15) is 0 Å². The highest BCUT2D eigenvalue weighted by molar-refractivity contribution is 5.27. The van der Waals surface area contributed by atoms with Crippen molar-refractivity contribution >= 4 is 0 Å². The smallest absolute Gasteiger partial charge is 0.00366 e. The van der Waals surface area contributed by atoms with Gasteiger partial charge in [0.2, 0.25) is 0 Å². The molecule has 1 atom stereocenters. The van der Waals surface area contributed by atoms with Crippen LogP contribution in [0.5, 0.6) is 0 Å². The maximum atomic E-state index is 5.75. The van der Waals surface area contributed by atoms with Crippen molar-refractivity contribution in [1.29, 1.82) is 0 Å². The van der Waals surface area contributed by atoms with Crippen LogP contribution in [0.4, 0.5) is 0 Å². The van der Waals surface area contributed by atoms with Crippen molar-refractivity contribution in [3.8, 4) is 0 Å². The van der Waals surface area contributed by atoms with E-state index >= 15 is 0 Å². The van der Waals surface area contributed by atoms with E-state index in [1.807, 2.05) is 0 Å². The summed E-state index contributed by atoms with van der Waals surface area (Å²) in [5, 5.41) is 0. The summed E-state index contributed by atoms with van der Waals surface area (Å²) in [6.07, 6.45) is 2.25. The number of benzene rings is 1. The first-order valence-electron chi connectivity index (χ1n) is 7.12. The summed E-state index contributed by atoms with van der Waals surface area (Å²) in [4.78, 5) is 0. The lowest BCUT2D eigenvalue weighted by molar-refractivity contribution is 0.442. The highest BCUT2D eigenvalue weighted by atomic mass is 14.6. The van der Waals surface area contributed by atoms with Gasteiger partial charge in [0.15, 0.2) is 0 Å². The summed E-state index contributed by atoms with van der Waals surface area (Å²) in [5.74, 6) is 1.63. The molecule has 0 radical (unpaired) electrons. The summed E-state index contributed by atoms with van der Waals surface area (Å²) in [7, 11) is 0. The van der Waals surface area contributed by atoms with Crippen molar-refractivity contribution in [2.24, 2.45) is 17.4 Å². The zero-order chi connectivity index (χ0) is 13.5. The Morgan fingerprint density at radius 3 is 1.83 bits per heavy atom. The topological polar surface area (TPSA) is 52.0 Å². The molecule has 1 unspecified atom stereocenters. The molecule has 0 saturated heterocycles. The van der Waals surface area contributed by atoms with Gasteiger partial charge >= 0.3 is 0 Å². The summed E-state index contributed by atoms with van der Waals surface area (Å²) in [6, 6.07) is 9.05. The van der Waals surface area contributed by atoms with Crippen molar-refractivity contribution in [1.82, 2.24) is 0 Å². The van der Waals surface area contributed by atoms with Crippen LogP contribution in [-0.4, -0.2) is 13.1 Å². The number of rotatable bonds is 7. The second kappa shape index (κ2) is 7.55. The Morgan fingerprint density at radius 2 is 1.44 bits per heavy atom. The average molecular weight is 248 g/mol. The monoisotopic (exact) mass is 248 g/mol. The quantitative estimate of drug-likeness (QED) is 0.778. The first-order valence-corrected chi connectivity index (χ1v) is 7.12. The molecular weight excluding hydrogens is 220 g/mol. The molecule has 0 fully saturated rings. The fraction of sp³-hybridized carbons (Fsp3) is 0.625. The highest BCUT2D eigenvalue weighted by Gasteiger charge is 2.15. The lowest BCUT2D eigenvalue weighted by Gasteiger charge is -2.21. The van der Waals surface area contributed by atoms with Gasteiger partial charge in [0.05, 0.1) is 0 Å². The fourth-order valence-electron chi connectivity index (χ4n) is 2.38. The van der Waals surface area contributed by atoms with Crippen LogP contribution >= 0.6 is 0 Å². The van der Waals surface area contributed by atoms with E-state index in [0.29, 0.717) is 30.8 Å². The molecule has 1 rings (SSSR count). The Hall–Kier alpha value is -0.860. The molecule has 0 spiro atoms. The van der Waals surface area contributed by atoms with Crippen LogP contribution in [0.2, 0.25) is 0 Å². The van der Waals surface area contributed by atoms with E-state index in [0.717, 1.165) is 12.8 Å². The molecule has 0 bridgehead atoms. The predicted octanol–water partition coefficient (Wildman–Crippen LogP) is 3.23. The van der Waals surface area contributed by atoms with E-state index in [4.69, 9.17) is 11.5 Å². The lowest BCUT2D eigenvalue weighted by Crippen LogP contribution is -2.25. The largest absolute Gasteiger partial charge is 0.330 e. The predicted molar refractivity (Wildman–Crippen MR) is 79.8 cm³/mol. The van der Waals surface area contributed by atoms with E-state index in [1.165, 1.54) is 11.1 Å². The molecule has 0 saturated carbocycles. The fourth-order valence-corrected chi connectivity index (χ4v) is 2.38. The zero-order valence-electron chi connectivity index (χ0n) is 12.0. The Kier molecular flexibility index (Phi) is 6.37. The van der Waals surface area contributed by atoms with Crippen molar-refractivity contribution < 1.29 is 0 Å². The molecule has 2 heteroatoms. The van der Waals surface area contributed by atoms with Crippen molar-refractivity contribution in [3.63, 3.8) is 0 Å². The van der Waals surface area contributed by atoms with Crippen molar-refractivity contribution in [3.05, 3.63) is 35.4 Å². The molecule has 2 nitrogen and oxygen atoms in total. The van der Waals surface area contributed by atoms with E-state index in [2.05, 4.69) is 45.0 Å². The second-order valence-electron chi connectivity index (χ2n) is 5.50. The summed E-state index contributed by atoms with van der Waals surface area (Å²) in [5.41, 5.74) is 14.3. The Labute approximate surface area is 112 Å². The Morgan fingerprint density at radius 1 is 0.944 bits per heavy atom. The van der Waals surface area contributed by atoms with E-state index in [-0.39, 0.29) is 0 Å². The number of hydrogen-bond donors (Lipinski definition) is 2. The Bertz CT molecular complexity index is 325. The molecule has 0 aliphatic rings. The molecule has 0 aliphatic heterocycles. The van der Waals surface area contributed by atoms with E-state index in [1.54, 1.807) is 0 Å². The van der Waals surface area contributed by atoms with Crippen LogP contribution in [0.15, 0.2) is 24.3 Å². The third kappa shape index (κ3) is 4.11. The molecule has 1 aromatic carbocycles. The van der Waals surface area contributed by atoms with Gasteiger partial charge in [-0.05, 0) is 54.8 Å². The van der Waals surface area contributed by atoms with Gasteiger partial charge in [-0.1, -0.05) is 45.0 Å². The molecule has 18 heavy (non-hydrogen) atoms.